The van der Waals surface area contributed by atoms with Gasteiger partial charge in [0.05, 0.1) is 11.2 Å². The Hall–Kier alpha value is -2.76. The average Bonchev–Trinajstić information content (AvgIpc) is 2.99. The van der Waals surface area contributed by atoms with Crippen LogP contribution in [0.15, 0.2) is 35.1 Å². The predicted octanol–water partition coefficient (Wildman–Crippen LogP) is 3.25. The van der Waals surface area contributed by atoms with Gasteiger partial charge in [-0.3, -0.25) is 14.8 Å². The molecule has 1 atom stereocenters. The highest BCUT2D eigenvalue weighted by molar-refractivity contribution is 5.96. The third kappa shape index (κ3) is 2.88. The molecule has 0 aromatic carbocycles. The van der Waals surface area contributed by atoms with Gasteiger partial charge in [-0.1, -0.05) is 5.16 Å². The van der Waals surface area contributed by atoms with Crippen molar-refractivity contribution in [2.45, 2.75) is 32.6 Å². The molecule has 3 aromatic heterocycles. The molecule has 1 amide bonds. The largest absolute Gasteiger partial charge is 0.361 e. The number of likely N-dealkylation sites (tertiary alicyclic amines) is 1. The van der Waals surface area contributed by atoms with Crippen LogP contribution in [0.25, 0.3) is 10.9 Å². The second kappa shape index (κ2) is 6.27. The number of hydrogen-bond donors (Lipinski definition) is 0. The molecule has 4 rings (SSSR count). The van der Waals surface area contributed by atoms with Gasteiger partial charge in [0, 0.05) is 42.5 Å². The highest BCUT2D eigenvalue weighted by atomic mass is 16.5. The third-order valence-corrected chi connectivity index (χ3v) is 4.88. The van der Waals surface area contributed by atoms with Gasteiger partial charge in [-0.2, -0.15) is 0 Å². The van der Waals surface area contributed by atoms with Crippen LogP contribution in [0.5, 0.6) is 0 Å². The molecule has 0 radical (unpaired) electrons. The van der Waals surface area contributed by atoms with E-state index in [1.54, 1.807) is 13.1 Å². The monoisotopic (exact) mass is 336 g/mol. The second-order valence-corrected chi connectivity index (χ2v) is 6.59. The number of carbonyl (C=O) groups is 1. The summed E-state index contributed by atoms with van der Waals surface area (Å²) in [6, 6.07) is 5.96. The van der Waals surface area contributed by atoms with Crippen LogP contribution < -0.4 is 0 Å². The van der Waals surface area contributed by atoms with E-state index in [-0.39, 0.29) is 11.8 Å². The number of piperidine rings is 1. The predicted molar refractivity (Wildman–Crippen MR) is 93.4 cm³/mol. The summed E-state index contributed by atoms with van der Waals surface area (Å²) in [6.45, 7) is 5.01. The van der Waals surface area contributed by atoms with Crippen molar-refractivity contribution >= 4 is 16.8 Å². The van der Waals surface area contributed by atoms with E-state index in [4.69, 9.17) is 4.52 Å². The Morgan fingerprint density at radius 3 is 3.00 bits per heavy atom. The Balaban J connectivity index is 1.59. The van der Waals surface area contributed by atoms with E-state index >= 15 is 0 Å². The quantitative estimate of drug-likeness (QED) is 0.718. The Kier molecular flexibility index (Phi) is 3.95. The average molecular weight is 336 g/mol. The van der Waals surface area contributed by atoms with Crippen molar-refractivity contribution in [2.24, 2.45) is 0 Å². The molecule has 3 aromatic rings. The van der Waals surface area contributed by atoms with Crippen LogP contribution in [0, 0.1) is 13.8 Å². The van der Waals surface area contributed by atoms with E-state index in [0.717, 1.165) is 36.0 Å². The molecule has 1 fully saturated rings. The molecule has 6 nitrogen and oxygen atoms in total. The fraction of sp³-hybridized carbons (Fsp3) is 0.368. The van der Waals surface area contributed by atoms with Gasteiger partial charge in [-0.05, 0) is 44.9 Å². The molecule has 6 heteroatoms. The minimum atomic E-state index is -0.000126. The van der Waals surface area contributed by atoms with E-state index in [0.29, 0.717) is 23.6 Å². The van der Waals surface area contributed by atoms with Crippen LogP contribution in [0.2, 0.25) is 0 Å². The van der Waals surface area contributed by atoms with Gasteiger partial charge in [-0.25, -0.2) is 0 Å². The lowest BCUT2D eigenvalue weighted by Crippen LogP contribution is -2.39. The van der Waals surface area contributed by atoms with Crippen molar-refractivity contribution in [3.63, 3.8) is 0 Å². The van der Waals surface area contributed by atoms with Crippen LogP contribution in [-0.2, 0) is 0 Å². The molecule has 4 heterocycles. The molecular weight excluding hydrogens is 316 g/mol. The zero-order valence-electron chi connectivity index (χ0n) is 14.4. The van der Waals surface area contributed by atoms with Gasteiger partial charge >= 0.3 is 0 Å². The SMILES string of the molecule is Cc1noc(C)c1C(=O)N1CCCC(c2cc3ncccc3cn2)C1. The molecule has 25 heavy (non-hydrogen) atoms. The Morgan fingerprint density at radius 1 is 1.32 bits per heavy atom. The molecule has 0 saturated carbocycles. The lowest BCUT2D eigenvalue weighted by atomic mass is 9.93. The molecule has 0 bridgehead atoms. The fourth-order valence-electron chi connectivity index (χ4n) is 3.55. The summed E-state index contributed by atoms with van der Waals surface area (Å²) < 4.78 is 5.15. The Morgan fingerprint density at radius 2 is 2.20 bits per heavy atom. The topological polar surface area (TPSA) is 72.1 Å². The van der Waals surface area contributed by atoms with Gasteiger partial charge in [0.1, 0.15) is 11.3 Å². The first-order chi connectivity index (χ1) is 12.1. The van der Waals surface area contributed by atoms with E-state index in [9.17, 15) is 4.79 Å². The van der Waals surface area contributed by atoms with Crippen molar-refractivity contribution in [3.05, 3.63) is 53.3 Å². The Bertz CT molecular complexity index is 915. The van der Waals surface area contributed by atoms with Gasteiger partial charge in [0.2, 0.25) is 0 Å². The first-order valence-electron chi connectivity index (χ1n) is 8.56. The zero-order valence-corrected chi connectivity index (χ0v) is 14.4. The van der Waals surface area contributed by atoms with E-state index in [2.05, 4.69) is 15.1 Å². The molecule has 128 valence electrons. The van der Waals surface area contributed by atoms with E-state index in [1.165, 1.54) is 0 Å². The number of fused-ring (bicyclic) bond motifs is 1. The van der Waals surface area contributed by atoms with Crippen LogP contribution >= 0.6 is 0 Å². The number of pyridine rings is 2. The molecule has 0 N–H and O–H groups in total. The molecule has 0 aliphatic carbocycles. The maximum absolute atomic E-state index is 12.9. The van der Waals surface area contributed by atoms with Crippen LogP contribution in [0.1, 0.15) is 46.3 Å². The molecule has 1 aliphatic rings. The van der Waals surface area contributed by atoms with Gasteiger partial charge in [0.25, 0.3) is 5.91 Å². The van der Waals surface area contributed by atoms with Crippen molar-refractivity contribution in [1.29, 1.82) is 0 Å². The molecule has 1 aliphatic heterocycles. The van der Waals surface area contributed by atoms with Crippen LogP contribution in [0.3, 0.4) is 0 Å². The summed E-state index contributed by atoms with van der Waals surface area (Å²) in [5.41, 5.74) is 3.19. The number of aryl methyl sites for hydroxylation is 2. The van der Waals surface area contributed by atoms with Crippen molar-refractivity contribution in [1.82, 2.24) is 20.0 Å². The molecular formula is C19H20N4O2. The van der Waals surface area contributed by atoms with Crippen LogP contribution in [-0.4, -0.2) is 39.0 Å². The zero-order chi connectivity index (χ0) is 17.4. The number of aromatic nitrogens is 3. The van der Waals surface area contributed by atoms with Crippen molar-refractivity contribution < 1.29 is 9.32 Å². The molecule has 1 unspecified atom stereocenters. The number of rotatable bonds is 2. The van der Waals surface area contributed by atoms with Crippen molar-refractivity contribution in [3.8, 4) is 0 Å². The molecule has 0 spiro atoms. The minimum Gasteiger partial charge on any atom is -0.361 e. The second-order valence-electron chi connectivity index (χ2n) is 6.59. The number of nitrogens with zero attached hydrogens (tertiary/aromatic N) is 4. The molecule has 1 saturated heterocycles. The first kappa shape index (κ1) is 15.7. The summed E-state index contributed by atoms with van der Waals surface area (Å²) in [5, 5.41) is 4.93. The normalized spacial score (nSPS) is 17.8. The highest BCUT2D eigenvalue weighted by Gasteiger charge is 2.29. The fourth-order valence-corrected chi connectivity index (χ4v) is 3.55. The van der Waals surface area contributed by atoms with Crippen molar-refractivity contribution in [2.75, 3.05) is 13.1 Å². The third-order valence-electron chi connectivity index (χ3n) is 4.88. The first-order valence-corrected chi connectivity index (χ1v) is 8.56. The van der Waals surface area contributed by atoms with E-state index in [1.807, 2.05) is 36.2 Å². The maximum atomic E-state index is 12.9. The van der Waals surface area contributed by atoms with E-state index < -0.39 is 0 Å². The summed E-state index contributed by atoms with van der Waals surface area (Å²) in [7, 11) is 0. The Labute approximate surface area is 145 Å². The summed E-state index contributed by atoms with van der Waals surface area (Å²) in [5.74, 6) is 0.807. The number of hydrogen-bond acceptors (Lipinski definition) is 5. The maximum Gasteiger partial charge on any atom is 0.259 e. The lowest BCUT2D eigenvalue weighted by Gasteiger charge is -2.32. The summed E-state index contributed by atoms with van der Waals surface area (Å²) in [4.78, 5) is 23.8. The summed E-state index contributed by atoms with van der Waals surface area (Å²) in [6.07, 6.45) is 5.64. The number of carbonyl (C=O) groups excluding carboxylic acids is 1. The summed E-state index contributed by atoms with van der Waals surface area (Å²) >= 11 is 0. The smallest absolute Gasteiger partial charge is 0.259 e. The van der Waals surface area contributed by atoms with Gasteiger partial charge in [0.15, 0.2) is 0 Å². The van der Waals surface area contributed by atoms with Gasteiger partial charge in [-0.15, -0.1) is 0 Å². The highest BCUT2D eigenvalue weighted by Crippen LogP contribution is 2.28. The minimum absolute atomic E-state index is 0.000126. The van der Waals surface area contributed by atoms with Gasteiger partial charge < -0.3 is 9.42 Å². The van der Waals surface area contributed by atoms with Crippen LogP contribution in [0.4, 0.5) is 0 Å². The number of amides is 1. The standard InChI is InChI=1S/C19H20N4O2/c1-12-18(13(2)25-22-12)19(24)23-8-4-6-15(11-23)17-9-16-14(10-21-17)5-3-7-20-16/h3,5,7,9-10,15H,4,6,8,11H2,1-2H3. The lowest BCUT2D eigenvalue weighted by molar-refractivity contribution is 0.0703.